The lowest BCUT2D eigenvalue weighted by atomic mass is 10.1. The molecule has 0 amide bonds. The van der Waals surface area contributed by atoms with E-state index < -0.39 is 0 Å². The van der Waals surface area contributed by atoms with E-state index in [-0.39, 0.29) is 0 Å². The minimum Gasteiger partial charge on any atom is -0.329 e. The van der Waals surface area contributed by atoms with Gasteiger partial charge >= 0.3 is 0 Å². The van der Waals surface area contributed by atoms with Gasteiger partial charge in [0.2, 0.25) is 0 Å². The molecule has 0 spiro atoms. The molecule has 0 atom stereocenters. The summed E-state index contributed by atoms with van der Waals surface area (Å²) in [5, 5.41) is 9.37. The van der Waals surface area contributed by atoms with Crippen molar-refractivity contribution in [2.45, 2.75) is 40.5 Å². The lowest BCUT2D eigenvalue weighted by Crippen LogP contribution is -2.13. The van der Waals surface area contributed by atoms with Crippen molar-refractivity contribution in [1.82, 2.24) is 24.6 Å². The first-order valence-electron chi connectivity index (χ1n) is 11.5. The minimum atomic E-state index is 0.597. The summed E-state index contributed by atoms with van der Waals surface area (Å²) in [4.78, 5) is 11.5. The quantitative estimate of drug-likeness (QED) is 0.318. The van der Waals surface area contributed by atoms with Gasteiger partial charge in [-0.05, 0) is 54.8 Å². The Morgan fingerprint density at radius 2 is 1.85 bits per heavy atom. The molecule has 6 nitrogen and oxygen atoms in total. The monoisotopic (exact) mass is 438 g/mol. The molecule has 0 aliphatic heterocycles. The molecule has 0 N–H and O–H groups in total. The highest BCUT2D eigenvalue weighted by Gasteiger charge is 2.15. The van der Waals surface area contributed by atoms with Crippen molar-refractivity contribution in [1.29, 1.82) is 0 Å². The molecular formula is C27H30N6. The lowest BCUT2D eigenvalue weighted by molar-refractivity contribution is 0.922. The second-order valence-electron chi connectivity index (χ2n) is 7.87. The summed E-state index contributed by atoms with van der Waals surface area (Å²) in [6.45, 7) is 8.24. The predicted molar refractivity (Wildman–Crippen MR) is 136 cm³/mol. The summed E-state index contributed by atoms with van der Waals surface area (Å²) in [6.07, 6.45) is 5.77. The van der Waals surface area contributed by atoms with E-state index in [2.05, 4.69) is 81.6 Å². The Hall–Kier alpha value is -3.80. The molecule has 5 rings (SSSR count). The molecule has 33 heavy (non-hydrogen) atoms. The lowest BCUT2D eigenvalue weighted by Gasteiger charge is -2.21. The molecule has 0 aliphatic rings. The average Bonchev–Trinajstić information content (AvgIpc) is 3.34. The number of rotatable bonds is 5. The van der Waals surface area contributed by atoms with E-state index in [1.807, 2.05) is 38.4 Å². The van der Waals surface area contributed by atoms with Crippen LogP contribution in [0.5, 0.6) is 0 Å². The van der Waals surface area contributed by atoms with E-state index in [0.29, 0.717) is 5.78 Å². The molecule has 0 fully saturated rings. The smallest absolute Gasteiger partial charge is 0.257 e. The minimum absolute atomic E-state index is 0.597. The third kappa shape index (κ3) is 4.42. The van der Waals surface area contributed by atoms with Gasteiger partial charge in [0.1, 0.15) is 12.1 Å². The molecule has 0 radical (unpaired) electrons. The van der Waals surface area contributed by atoms with Crippen LogP contribution in [0.4, 0.5) is 11.5 Å². The van der Waals surface area contributed by atoms with Crippen molar-refractivity contribution in [2.75, 3.05) is 11.9 Å². The number of benzene rings is 2. The summed E-state index contributed by atoms with van der Waals surface area (Å²) < 4.78 is 1.96. The Balaban J connectivity index is 0.00000126. The van der Waals surface area contributed by atoms with Crippen LogP contribution in [-0.2, 0) is 6.42 Å². The van der Waals surface area contributed by atoms with Crippen LogP contribution >= 0.6 is 0 Å². The summed E-state index contributed by atoms with van der Waals surface area (Å²) in [5.41, 5.74) is 6.58. The summed E-state index contributed by atoms with van der Waals surface area (Å²) in [6, 6.07) is 19.1. The molecule has 168 valence electrons. The normalized spacial score (nSPS) is 10.8. The number of hydrogen-bond acceptors (Lipinski definition) is 5. The molecule has 2 aromatic carbocycles. The number of aryl methyl sites for hydroxylation is 2. The number of aromatic nitrogens is 5. The van der Waals surface area contributed by atoms with Gasteiger partial charge in [0.25, 0.3) is 5.78 Å². The van der Waals surface area contributed by atoms with Crippen molar-refractivity contribution in [3.05, 3.63) is 78.2 Å². The van der Waals surface area contributed by atoms with Gasteiger partial charge in [0.05, 0.1) is 11.2 Å². The fourth-order valence-electron chi connectivity index (χ4n) is 3.93. The van der Waals surface area contributed by atoms with Crippen molar-refractivity contribution in [3.8, 4) is 11.3 Å². The van der Waals surface area contributed by atoms with Crippen LogP contribution < -0.4 is 4.90 Å². The standard InChI is InChI=1S/C25H24N6.C2H6/c1-4-6-18-10-11-21-23(13-18)31-16-27-29-25(31)28-24(21)30(3)20-8-5-7-19(14-20)22-12-9-17(2)15-26-22;1-2/h5,7-16H,4,6H2,1-3H3;1-2H3. The fraction of sp³-hybridized carbons (Fsp3) is 0.259. The molecular weight excluding hydrogens is 408 g/mol. The molecule has 6 heteroatoms. The Kier molecular flexibility index (Phi) is 6.63. The average molecular weight is 439 g/mol. The molecule has 5 aromatic rings. The van der Waals surface area contributed by atoms with Gasteiger partial charge < -0.3 is 4.90 Å². The first kappa shape index (κ1) is 22.4. The molecule has 0 saturated carbocycles. The number of nitrogens with zero attached hydrogens (tertiary/aromatic N) is 6. The highest BCUT2D eigenvalue weighted by atomic mass is 15.3. The number of anilines is 2. The number of fused-ring (bicyclic) bond motifs is 3. The Morgan fingerprint density at radius 1 is 1.00 bits per heavy atom. The van der Waals surface area contributed by atoms with E-state index in [1.54, 1.807) is 6.33 Å². The highest BCUT2D eigenvalue weighted by Crippen LogP contribution is 2.32. The summed E-state index contributed by atoms with van der Waals surface area (Å²) >= 11 is 0. The number of pyridine rings is 1. The highest BCUT2D eigenvalue weighted by molar-refractivity contribution is 5.94. The van der Waals surface area contributed by atoms with Crippen LogP contribution in [0.2, 0.25) is 0 Å². The zero-order chi connectivity index (χ0) is 23.4. The van der Waals surface area contributed by atoms with Crippen LogP contribution in [0.3, 0.4) is 0 Å². The topological polar surface area (TPSA) is 59.2 Å². The maximum absolute atomic E-state index is 4.83. The second kappa shape index (κ2) is 9.77. The van der Waals surface area contributed by atoms with E-state index >= 15 is 0 Å². The van der Waals surface area contributed by atoms with Crippen LogP contribution in [0.15, 0.2) is 67.1 Å². The van der Waals surface area contributed by atoms with E-state index in [9.17, 15) is 0 Å². The van der Waals surface area contributed by atoms with Gasteiger partial charge in [-0.2, -0.15) is 4.98 Å². The number of hydrogen-bond donors (Lipinski definition) is 0. The first-order valence-corrected chi connectivity index (χ1v) is 11.5. The maximum atomic E-state index is 4.83. The van der Waals surface area contributed by atoms with Gasteiger partial charge in [0, 0.05) is 29.9 Å². The summed E-state index contributed by atoms with van der Waals surface area (Å²) in [7, 11) is 2.04. The van der Waals surface area contributed by atoms with Crippen molar-refractivity contribution < 1.29 is 0 Å². The van der Waals surface area contributed by atoms with Crippen molar-refractivity contribution in [3.63, 3.8) is 0 Å². The van der Waals surface area contributed by atoms with Crippen molar-refractivity contribution in [2.24, 2.45) is 0 Å². The largest absolute Gasteiger partial charge is 0.329 e. The predicted octanol–water partition coefficient (Wildman–Crippen LogP) is 6.39. The maximum Gasteiger partial charge on any atom is 0.257 e. The molecule has 0 unspecified atom stereocenters. The third-order valence-electron chi connectivity index (χ3n) is 5.60. The third-order valence-corrected chi connectivity index (χ3v) is 5.60. The van der Waals surface area contributed by atoms with Gasteiger partial charge in [-0.15, -0.1) is 10.2 Å². The van der Waals surface area contributed by atoms with Crippen molar-refractivity contribution >= 4 is 28.2 Å². The molecule has 3 heterocycles. The van der Waals surface area contributed by atoms with Crippen LogP contribution in [0.25, 0.3) is 27.9 Å². The zero-order valence-electron chi connectivity index (χ0n) is 19.9. The molecule has 0 aliphatic carbocycles. The molecule has 3 aromatic heterocycles. The Bertz CT molecular complexity index is 1370. The molecule has 0 bridgehead atoms. The van der Waals surface area contributed by atoms with E-state index in [0.717, 1.165) is 52.1 Å². The second-order valence-corrected chi connectivity index (χ2v) is 7.87. The zero-order valence-corrected chi connectivity index (χ0v) is 19.9. The fourth-order valence-corrected chi connectivity index (χ4v) is 3.93. The van der Waals surface area contributed by atoms with Gasteiger partial charge in [-0.1, -0.05) is 51.5 Å². The van der Waals surface area contributed by atoms with Gasteiger partial charge in [0.15, 0.2) is 0 Å². The molecule has 0 saturated heterocycles. The van der Waals surface area contributed by atoms with Gasteiger partial charge in [-0.3, -0.25) is 9.38 Å². The SMILES string of the molecule is CC.CCCc1ccc2c(N(C)c3cccc(-c4ccc(C)cn4)c3)nc3nncn3c2c1. The van der Waals surface area contributed by atoms with E-state index in [4.69, 9.17) is 4.98 Å². The van der Waals surface area contributed by atoms with Crippen LogP contribution in [0.1, 0.15) is 38.3 Å². The van der Waals surface area contributed by atoms with Gasteiger partial charge in [-0.25, -0.2) is 0 Å². The van der Waals surface area contributed by atoms with Crippen LogP contribution in [0, 0.1) is 6.92 Å². The van der Waals surface area contributed by atoms with Crippen LogP contribution in [-0.4, -0.2) is 31.6 Å². The Morgan fingerprint density at radius 3 is 2.61 bits per heavy atom. The Labute approximate surface area is 195 Å². The summed E-state index contributed by atoms with van der Waals surface area (Å²) in [5.74, 6) is 1.45. The first-order chi connectivity index (χ1) is 16.1. The van der Waals surface area contributed by atoms with E-state index in [1.165, 1.54) is 5.56 Å².